The lowest BCUT2D eigenvalue weighted by molar-refractivity contribution is 0.0557. The van der Waals surface area contributed by atoms with E-state index in [1.807, 2.05) is 0 Å². The topological polar surface area (TPSA) is 57.5 Å². The van der Waals surface area contributed by atoms with E-state index >= 15 is 0 Å². The van der Waals surface area contributed by atoms with Crippen LogP contribution in [-0.4, -0.2) is 9.79 Å². The van der Waals surface area contributed by atoms with Crippen LogP contribution in [0, 0.1) is 6.07 Å². The van der Waals surface area contributed by atoms with Crippen LogP contribution in [0.4, 0.5) is 8.78 Å². The number of hydrogen-bond acceptors (Lipinski definition) is 1. The van der Waals surface area contributed by atoms with Crippen molar-refractivity contribution in [1.82, 2.24) is 0 Å². The summed E-state index contributed by atoms with van der Waals surface area (Å²) in [6.07, 6.45) is 0. The lowest BCUT2D eigenvalue weighted by Gasteiger charge is -2.18. The average Bonchev–Trinajstić information content (AvgIpc) is 2.02. The zero-order chi connectivity index (χ0) is 11.0. The molecule has 1 rings (SSSR count). The van der Waals surface area contributed by atoms with Crippen LogP contribution in [0.2, 0.25) is 0 Å². The third-order valence-electron chi connectivity index (χ3n) is 1.50. The van der Waals surface area contributed by atoms with Gasteiger partial charge in [0.05, 0.1) is 0 Å². The summed E-state index contributed by atoms with van der Waals surface area (Å²) in [6.45, 7) is 0. The van der Waals surface area contributed by atoms with Crippen LogP contribution in [-0.2, 0) is 10.2 Å². The number of halogens is 3. The fourth-order valence-electron chi connectivity index (χ4n) is 0.811. The predicted octanol–water partition coefficient (Wildman–Crippen LogP) is 2.48. The largest absolute Gasteiger partial charge is 0.399 e. The molecule has 1 aromatic carbocycles. The molecule has 1 radical (unpaired) electrons. The van der Waals surface area contributed by atoms with E-state index < -0.39 is 18.8 Å². The highest BCUT2D eigenvalue weighted by atomic mass is 79.9. The molecule has 0 amide bonds. The predicted molar refractivity (Wildman–Crippen MR) is 48.9 cm³/mol. The third kappa shape index (κ3) is 2.03. The standard InChI is InChI=1S/C7H5BrF2O3P/c8-6-4-2-1-3-5(6)7(9,10)14(11,12)13/h1,3-4H,(H2,11,12,13). The summed E-state index contributed by atoms with van der Waals surface area (Å²) < 4.78 is 36.7. The highest BCUT2D eigenvalue weighted by molar-refractivity contribution is 9.10. The van der Waals surface area contributed by atoms with E-state index in [2.05, 4.69) is 22.0 Å². The minimum absolute atomic E-state index is 0.0895. The van der Waals surface area contributed by atoms with Crippen molar-refractivity contribution in [3.05, 3.63) is 34.3 Å². The second-order valence-corrected chi connectivity index (χ2v) is 5.00. The van der Waals surface area contributed by atoms with Crippen LogP contribution in [0.5, 0.6) is 0 Å². The molecule has 0 saturated carbocycles. The zero-order valence-corrected chi connectivity index (χ0v) is 9.10. The van der Waals surface area contributed by atoms with Gasteiger partial charge in [0.1, 0.15) is 0 Å². The number of hydrogen-bond donors (Lipinski definition) is 2. The summed E-state index contributed by atoms with van der Waals surface area (Å²) in [5.74, 6) is 0. The number of rotatable bonds is 2. The molecule has 3 nitrogen and oxygen atoms in total. The first-order valence-corrected chi connectivity index (χ1v) is 5.77. The average molecular weight is 286 g/mol. The molecule has 0 fully saturated rings. The van der Waals surface area contributed by atoms with E-state index in [0.29, 0.717) is 0 Å². The van der Waals surface area contributed by atoms with Gasteiger partial charge in [0, 0.05) is 10.0 Å². The molecule has 1 aromatic rings. The first kappa shape index (κ1) is 11.8. The molecule has 2 N–H and O–H groups in total. The molecule has 0 unspecified atom stereocenters. The van der Waals surface area contributed by atoms with Gasteiger partial charge in [-0.25, -0.2) is 0 Å². The van der Waals surface area contributed by atoms with Gasteiger partial charge in [-0.05, 0) is 12.1 Å². The summed E-state index contributed by atoms with van der Waals surface area (Å²) in [5, 5.41) is 0. The Morgan fingerprint density at radius 3 is 2.50 bits per heavy atom. The molecule has 0 aliphatic heterocycles. The van der Waals surface area contributed by atoms with Crippen LogP contribution < -0.4 is 0 Å². The van der Waals surface area contributed by atoms with Crippen LogP contribution >= 0.6 is 23.5 Å². The van der Waals surface area contributed by atoms with Crippen molar-refractivity contribution in [1.29, 1.82) is 0 Å². The Labute approximate surface area is 87.0 Å². The van der Waals surface area contributed by atoms with E-state index in [0.717, 1.165) is 12.1 Å². The van der Waals surface area contributed by atoms with Gasteiger partial charge < -0.3 is 9.79 Å². The molecule has 0 aromatic heterocycles. The van der Waals surface area contributed by atoms with Gasteiger partial charge in [0.25, 0.3) is 0 Å². The van der Waals surface area contributed by atoms with Gasteiger partial charge in [-0.2, -0.15) is 8.78 Å². The summed E-state index contributed by atoms with van der Waals surface area (Å²) in [6, 6.07) is 5.72. The summed E-state index contributed by atoms with van der Waals surface area (Å²) in [7, 11) is -5.49. The van der Waals surface area contributed by atoms with Gasteiger partial charge >= 0.3 is 13.3 Å². The van der Waals surface area contributed by atoms with E-state index in [9.17, 15) is 13.3 Å². The Balaban J connectivity index is 3.31. The second-order valence-electron chi connectivity index (χ2n) is 2.49. The van der Waals surface area contributed by atoms with E-state index in [1.54, 1.807) is 0 Å². The summed E-state index contributed by atoms with van der Waals surface area (Å²) in [4.78, 5) is 16.9. The Kier molecular flexibility index (Phi) is 3.11. The zero-order valence-electron chi connectivity index (χ0n) is 6.62. The molecule has 77 valence electrons. The van der Waals surface area contributed by atoms with E-state index in [-0.39, 0.29) is 4.47 Å². The Bertz CT molecular complexity index is 390. The van der Waals surface area contributed by atoms with Crippen molar-refractivity contribution in [2.24, 2.45) is 0 Å². The maximum atomic E-state index is 13.1. The number of alkyl halides is 2. The lowest BCUT2D eigenvalue weighted by atomic mass is 10.2. The molecule has 0 spiro atoms. The Hall–Kier alpha value is -0.290. The van der Waals surface area contributed by atoms with Gasteiger partial charge in [-0.3, -0.25) is 4.57 Å². The van der Waals surface area contributed by atoms with Crippen LogP contribution in [0.1, 0.15) is 5.56 Å². The smallest absolute Gasteiger partial charge is 0.320 e. The molecule has 0 aliphatic rings. The summed E-state index contributed by atoms with van der Waals surface area (Å²) in [5.41, 5.74) is -4.93. The molecule has 0 atom stereocenters. The molecule has 0 heterocycles. The van der Waals surface area contributed by atoms with Gasteiger partial charge in [-0.1, -0.05) is 28.1 Å². The monoisotopic (exact) mass is 285 g/mol. The molecule has 0 saturated heterocycles. The number of benzene rings is 1. The van der Waals surface area contributed by atoms with Crippen molar-refractivity contribution >= 4 is 23.5 Å². The van der Waals surface area contributed by atoms with Gasteiger partial charge in [-0.15, -0.1) is 0 Å². The van der Waals surface area contributed by atoms with Crippen LogP contribution in [0.3, 0.4) is 0 Å². The first-order chi connectivity index (χ1) is 6.27. The highest BCUT2D eigenvalue weighted by Crippen LogP contribution is 2.60. The quantitative estimate of drug-likeness (QED) is 0.821. The highest BCUT2D eigenvalue weighted by Gasteiger charge is 2.51. The molecule has 0 bridgehead atoms. The van der Waals surface area contributed by atoms with Crippen molar-refractivity contribution in [2.45, 2.75) is 5.66 Å². The van der Waals surface area contributed by atoms with Gasteiger partial charge in [0.2, 0.25) is 0 Å². The van der Waals surface area contributed by atoms with Crippen molar-refractivity contribution in [3.63, 3.8) is 0 Å². The van der Waals surface area contributed by atoms with Crippen molar-refractivity contribution in [3.8, 4) is 0 Å². The maximum Gasteiger partial charge on any atom is 0.399 e. The molecular weight excluding hydrogens is 281 g/mol. The van der Waals surface area contributed by atoms with Gasteiger partial charge in [0.15, 0.2) is 0 Å². The molecular formula is C7H5BrF2O3P. The third-order valence-corrected chi connectivity index (χ3v) is 3.13. The van der Waals surface area contributed by atoms with Crippen LogP contribution in [0.25, 0.3) is 0 Å². The van der Waals surface area contributed by atoms with Crippen LogP contribution in [0.15, 0.2) is 22.7 Å². The fourth-order valence-corrected chi connectivity index (χ4v) is 1.99. The maximum absolute atomic E-state index is 13.1. The van der Waals surface area contributed by atoms with Crippen molar-refractivity contribution in [2.75, 3.05) is 0 Å². The summed E-state index contributed by atoms with van der Waals surface area (Å²) >= 11 is 2.77. The minimum atomic E-state index is -5.49. The van der Waals surface area contributed by atoms with E-state index in [1.165, 1.54) is 6.07 Å². The molecule has 0 aliphatic carbocycles. The Morgan fingerprint density at radius 1 is 1.50 bits per heavy atom. The van der Waals surface area contributed by atoms with Crippen molar-refractivity contribution < 1.29 is 23.1 Å². The minimum Gasteiger partial charge on any atom is -0.320 e. The Morgan fingerprint density at radius 2 is 2.07 bits per heavy atom. The normalized spacial score (nSPS) is 12.9. The second kappa shape index (κ2) is 3.70. The lowest BCUT2D eigenvalue weighted by Crippen LogP contribution is -2.14. The fraction of sp³-hybridized carbons (Fsp3) is 0.143. The molecule has 14 heavy (non-hydrogen) atoms. The first-order valence-electron chi connectivity index (χ1n) is 3.36. The SMILES string of the molecule is O=P(O)(O)C(F)(F)c1cc[c]cc1Br. The molecule has 7 heteroatoms. The van der Waals surface area contributed by atoms with E-state index in [4.69, 9.17) is 9.79 Å².